The Hall–Kier alpha value is -0.650. The first-order valence-electron chi connectivity index (χ1n) is 8.36. The largest absolute Gasteiger partial charge is 0.480 e. The number of nitrogens with one attached hydrogen (secondary N) is 1. The molecule has 1 aliphatic heterocycles. The van der Waals surface area contributed by atoms with E-state index in [-0.39, 0.29) is 0 Å². The highest BCUT2D eigenvalue weighted by atomic mass is 16.5. The van der Waals surface area contributed by atoms with Crippen molar-refractivity contribution in [1.29, 1.82) is 0 Å². The summed E-state index contributed by atoms with van der Waals surface area (Å²) in [4.78, 5) is 14.3. The summed E-state index contributed by atoms with van der Waals surface area (Å²) in [7, 11) is 1.78. The molecular weight excluding hydrogens is 268 g/mol. The fraction of sp³-hybridized carbons (Fsp3) is 0.938. The highest BCUT2D eigenvalue weighted by Gasteiger charge is 2.44. The van der Waals surface area contributed by atoms with Gasteiger partial charge >= 0.3 is 5.97 Å². The molecule has 1 saturated carbocycles. The Balaban J connectivity index is 1.97. The Labute approximate surface area is 128 Å². The number of aliphatic carboxylic acids is 1. The minimum absolute atomic E-state index is 0.382. The molecule has 1 aliphatic carbocycles. The van der Waals surface area contributed by atoms with Gasteiger partial charge in [-0.2, -0.15) is 0 Å². The lowest BCUT2D eigenvalue weighted by Gasteiger charge is -2.45. The first-order chi connectivity index (χ1) is 10.1. The Bertz CT molecular complexity index is 342. The van der Waals surface area contributed by atoms with E-state index in [0.717, 1.165) is 64.6 Å². The average Bonchev–Trinajstić information content (AvgIpc) is 2.53. The van der Waals surface area contributed by atoms with Crippen LogP contribution in [0.15, 0.2) is 0 Å². The number of hydrogen-bond acceptors (Lipinski definition) is 4. The Morgan fingerprint density at radius 3 is 2.67 bits per heavy atom. The van der Waals surface area contributed by atoms with Crippen LogP contribution in [0.2, 0.25) is 0 Å². The summed E-state index contributed by atoms with van der Waals surface area (Å²) in [6.45, 7) is 4.93. The van der Waals surface area contributed by atoms with Gasteiger partial charge in [0.25, 0.3) is 0 Å². The van der Waals surface area contributed by atoms with Crippen LogP contribution in [0.4, 0.5) is 0 Å². The molecule has 0 aromatic heterocycles. The van der Waals surface area contributed by atoms with Crippen LogP contribution in [0.5, 0.6) is 0 Å². The number of carboxylic acid groups (broad SMARTS) is 1. The molecule has 0 radical (unpaired) electrons. The van der Waals surface area contributed by atoms with Crippen molar-refractivity contribution >= 4 is 5.97 Å². The highest BCUT2D eigenvalue weighted by Crippen LogP contribution is 2.33. The minimum Gasteiger partial charge on any atom is -0.480 e. The van der Waals surface area contributed by atoms with E-state index in [0.29, 0.717) is 12.1 Å². The van der Waals surface area contributed by atoms with Crippen LogP contribution in [0.3, 0.4) is 0 Å². The van der Waals surface area contributed by atoms with Crippen LogP contribution >= 0.6 is 0 Å². The molecule has 2 atom stereocenters. The van der Waals surface area contributed by atoms with Gasteiger partial charge in [-0.15, -0.1) is 0 Å². The maximum atomic E-state index is 11.8. The lowest BCUT2D eigenvalue weighted by atomic mass is 9.77. The molecule has 0 spiro atoms. The number of likely N-dealkylation sites (tertiary alicyclic amines) is 1. The van der Waals surface area contributed by atoms with E-state index in [2.05, 4.69) is 17.1 Å². The van der Waals surface area contributed by atoms with Gasteiger partial charge in [0, 0.05) is 26.2 Å². The number of carbonyl (C=O) groups is 1. The van der Waals surface area contributed by atoms with Crippen LogP contribution in [0.1, 0.15) is 51.9 Å². The van der Waals surface area contributed by atoms with E-state index in [4.69, 9.17) is 4.74 Å². The maximum absolute atomic E-state index is 11.8. The molecule has 2 unspecified atom stereocenters. The second-order valence-corrected chi connectivity index (χ2v) is 6.54. The molecule has 1 saturated heterocycles. The van der Waals surface area contributed by atoms with Crippen molar-refractivity contribution in [3.63, 3.8) is 0 Å². The smallest absolute Gasteiger partial charge is 0.323 e. The molecule has 0 aromatic carbocycles. The number of rotatable bonds is 6. The second kappa shape index (κ2) is 7.56. The Kier molecular flexibility index (Phi) is 6.02. The number of ether oxygens (including phenoxy) is 1. The summed E-state index contributed by atoms with van der Waals surface area (Å²) in [5, 5.41) is 13.0. The molecule has 1 heterocycles. The standard InChI is InChI=1S/C16H30N2O3/c1-3-9-17-16(15(19)20)8-4-5-13(12-16)18-10-6-14(21-2)7-11-18/h13-14,17H,3-12H2,1-2H3,(H,19,20). The van der Waals surface area contributed by atoms with E-state index >= 15 is 0 Å². The number of hydrogen-bond donors (Lipinski definition) is 2. The number of methoxy groups -OCH3 is 1. The highest BCUT2D eigenvalue weighted by molar-refractivity contribution is 5.79. The predicted molar refractivity (Wildman–Crippen MR) is 82.5 cm³/mol. The summed E-state index contributed by atoms with van der Waals surface area (Å²) in [6.07, 6.45) is 7.10. The molecule has 0 bridgehead atoms. The van der Waals surface area contributed by atoms with Crippen molar-refractivity contribution < 1.29 is 14.6 Å². The average molecular weight is 298 g/mol. The van der Waals surface area contributed by atoms with Crippen LogP contribution in [-0.4, -0.2) is 60.4 Å². The third kappa shape index (κ3) is 3.96. The van der Waals surface area contributed by atoms with Gasteiger partial charge in [-0.3, -0.25) is 4.79 Å². The third-order valence-electron chi connectivity index (χ3n) is 5.17. The van der Waals surface area contributed by atoms with Gasteiger partial charge in [0.2, 0.25) is 0 Å². The summed E-state index contributed by atoms with van der Waals surface area (Å²) in [5.41, 5.74) is -0.711. The fourth-order valence-corrected chi connectivity index (χ4v) is 3.83. The molecule has 0 aromatic rings. The van der Waals surface area contributed by atoms with Crippen LogP contribution in [-0.2, 0) is 9.53 Å². The van der Waals surface area contributed by atoms with Gasteiger partial charge in [0.05, 0.1) is 6.10 Å². The van der Waals surface area contributed by atoms with Crippen LogP contribution in [0, 0.1) is 0 Å². The normalized spacial score (nSPS) is 32.2. The van der Waals surface area contributed by atoms with E-state index in [9.17, 15) is 9.90 Å². The van der Waals surface area contributed by atoms with Gasteiger partial charge in [0.15, 0.2) is 0 Å². The van der Waals surface area contributed by atoms with E-state index in [1.165, 1.54) is 0 Å². The van der Waals surface area contributed by atoms with Gasteiger partial charge in [-0.25, -0.2) is 0 Å². The van der Waals surface area contributed by atoms with Crippen molar-refractivity contribution in [1.82, 2.24) is 10.2 Å². The lowest BCUT2D eigenvalue weighted by Crippen LogP contribution is -2.59. The quantitative estimate of drug-likeness (QED) is 0.784. The monoisotopic (exact) mass is 298 g/mol. The van der Waals surface area contributed by atoms with Gasteiger partial charge in [0.1, 0.15) is 5.54 Å². The fourth-order valence-electron chi connectivity index (χ4n) is 3.83. The maximum Gasteiger partial charge on any atom is 0.323 e. The van der Waals surface area contributed by atoms with Gasteiger partial charge < -0.3 is 20.1 Å². The Morgan fingerprint density at radius 1 is 1.38 bits per heavy atom. The summed E-state index contributed by atoms with van der Waals surface area (Å²) in [5.74, 6) is -0.674. The SMILES string of the molecule is CCCNC1(C(=O)O)CCCC(N2CCC(OC)CC2)C1. The predicted octanol–water partition coefficient (Wildman–Crippen LogP) is 1.86. The first-order valence-corrected chi connectivity index (χ1v) is 8.36. The molecule has 122 valence electrons. The Morgan fingerprint density at radius 2 is 2.10 bits per heavy atom. The van der Waals surface area contributed by atoms with Crippen molar-refractivity contribution in [3.05, 3.63) is 0 Å². The molecule has 5 heteroatoms. The molecule has 2 N–H and O–H groups in total. The van der Waals surface area contributed by atoms with E-state index < -0.39 is 11.5 Å². The zero-order valence-electron chi connectivity index (χ0n) is 13.4. The van der Waals surface area contributed by atoms with Gasteiger partial charge in [-0.05, 0) is 51.5 Å². The second-order valence-electron chi connectivity index (χ2n) is 6.54. The topological polar surface area (TPSA) is 61.8 Å². The van der Waals surface area contributed by atoms with E-state index in [1.807, 2.05) is 0 Å². The molecule has 0 amide bonds. The minimum atomic E-state index is -0.711. The molecule has 5 nitrogen and oxygen atoms in total. The van der Waals surface area contributed by atoms with Crippen LogP contribution < -0.4 is 5.32 Å². The zero-order valence-corrected chi connectivity index (χ0v) is 13.4. The number of nitrogens with zero attached hydrogens (tertiary/aromatic N) is 1. The molecular formula is C16H30N2O3. The molecule has 2 rings (SSSR count). The first kappa shape index (κ1) is 16.7. The third-order valence-corrected chi connectivity index (χ3v) is 5.17. The van der Waals surface area contributed by atoms with Crippen molar-refractivity contribution in [3.8, 4) is 0 Å². The molecule has 2 aliphatic rings. The zero-order chi connectivity index (χ0) is 15.3. The van der Waals surface area contributed by atoms with Gasteiger partial charge in [-0.1, -0.05) is 6.92 Å². The summed E-state index contributed by atoms with van der Waals surface area (Å²) in [6, 6.07) is 0.400. The van der Waals surface area contributed by atoms with Crippen molar-refractivity contribution in [2.75, 3.05) is 26.7 Å². The lowest BCUT2D eigenvalue weighted by molar-refractivity contribution is -0.147. The molecule has 2 fully saturated rings. The summed E-state index contributed by atoms with van der Waals surface area (Å²) >= 11 is 0. The number of carboxylic acids is 1. The van der Waals surface area contributed by atoms with E-state index in [1.54, 1.807) is 7.11 Å². The van der Waals surface area contributed by atoms with Crippen molar-refractivity contribution in [2.24, 2.45) is 0 Å². The van der Waals surface area contributed by atoms with Crippen LogP contribution in [0.25, 0.3) is 0 Å². The summed E-state index contributed by atoms with van der Waals surface area (Å²) < 4.78 is 5.43. The number of piperidine rings is 1. The molecule has 21 heavy (non-hydrogen) atoms. The van der Waals surface area contributed by atoms with Crippen molar-refractivity contribution in [2.45, 2.75) is 69.6 Å².